The number of rotatable bonds is 12. The first-order chi connectivity index (χ1) is 16.1. The molecule has 2 N–H and O–H groups in total. The Morgan fingerprint density at radius 3 is 2.47 bits per heavy atom. The summed E-state index contributed by atoms with van der Waals surface area (Å²) in [5, 5.41) is 14.6. The minimum atomic E-state index is -3.79. The number of allylic oxidation sites excluding steroid dienone is 4. The molecule has 2 saturated heterocycles. The molecule has 2 fully saturated rings. The molecule has 1 spiro atoms. The number of nitrogens with zero attached hydrogens (tertiary/aromatic N) is 1. The van der Waals surface area contributed by atoms with E-state index in [2.05, 4.69) is 45.2 Å². The molecule has 2 heterocycles. The second kappa shape index (κ2) is 11.3. The number of benzene rings is 1. The third-order valence-electron chi connectivity index (χ3n) is 7.03. The zero-order chi connectivity index (χ0) is 24.9. The average Bonchev–Trinajstić information content (AvgIpc) is 2.70. The number of ether oxygens (including phenoxy) is 1. The molecule has 0 saturated carbocycles. The molecule has 0 amide bonds. The monoisotopic (exact) mass is 490 g/mol. The summed E-state index contributed by atoms with van der Waals surface area (Å²) >= 11 is 0. The summed E-state index contributed by atoms with van der Waals surface area (Å²) in [7, 11) is -2.21. The summed E-state index contributed by atoms with van der Waals surface area (Å²) < 4.78 is 34.6. The number of phenols is 1. The number of hydrogen-bond acceptors (Lipinski definition) is 5. The van der Waals surface area contributed by atoms with Crippen molar-refractivity contribution in [2.45, 2.75) is 77.5 Å². The van der Waals surface area contributed by atoms with E-state index in [4.69, 9.17) is 4.74 Å². The lowest BCUT2D eigenvalue weighted by molar-refractivity contribution is 0.0163. The number of aryl methyl sites for hydroxylation is 1. The van der Waals surface area contributed by atoms with Crippen LogP contribution in [0, 0.1) is 5.41 Å². The number of unbranched alkanes of at least 4 members (excludes halogenated alkanes) is 2. The van der Waals surface area contributed by atoms with E-state index in [-0.39, 0.29) is 16.1 Å². The Hall–Kier alpha value is -1.83. The topological polar surface area (TPSA) is 78.9 Å². The molecule has 0 unspecified atom stereocenters. The first kappa shape index (κ1) is 26.8. The fourth-order valence-electron chi connectivity index (χ4n) is 4.81. The molecule has 3 rings (SSSR count). The van der Waals surface area contributed by atoms with Crippen LogP contribution in [0.1, 0.15) is 70.9 Å². The Morgan fingerprint density at radius 1 is 1.21 bits per heavy atom. The van der Waals surface area contributed by atoms with Crippen LogP contribution in [-0.2, 0) is 22.9 Å². The maximum Gasteiger partial charge on any atom is 0.247 e. The van der Waals surface area contributed by atoms with Crippen LogP contribution >= 0.6 is 0 Å². The SMILES string of the molecule is CCCCCc1cc(OC)c(C/C=C(\C)CCC=C(C)C)c(O)c1S(=O)(=O)N1CC2(CNC2)C1. The van der Waals surface area contributed by atoms with Crippen molar-refractivity contribution in [3.8, 4) is 11.5 Å². The van der Waals surface area contributed by atoms with E-state index in [1.54, 1.807) is 7.11 Å². The van der Waals surface area contributed by atoms with Crippen molar-refractivity contribution in [3.63, 3.8) is 0 Å². The summed E-state index contributed by atoms with van der Waals surface area (Å²) in [6.45, 7) is 11.1. The van der Waals surface area contributed by atoms with E-state index < -0.39 is 10.0 Å². The van der Waals surface area contributed by atoms with Crippen LogP contribution in [0.25, 0.3) is 0 Å². The van der Waals surface area contributed by atoms with Gasteiger partial charge >= 0.3 is 0 Å². The van der Waals surface area contributed by atoms with Gasteiger partial charge in [0.05, 0.1) is 7.11 Å². The van der Waals surface area contributed by atoms with Crippen molar-refractivity contribution in [2.75, 3.05) is 33.3 Å². The standard InChI is InChI=1S/C27H42N2O4S/c1-6-7-8-12-22-15-24(33-5)23(14-13-21(4)11-9-10-20(2)3)25(30)26(22)34(31,32)29-18-27(19-29)16-28-17-27/h10,13,15,28,30H,6-9,11-12,14,16-19H2,1-5H3/b21-13+. The van der Waals surface area contributed by atoms with Crippen LogP contribution < -0.4 is 10.1 Å². The number of methoxy groups -OCH3 is 1. The van der Waals surface area contributed by atoms with Gasteiger partial charge in [0, 0.05) is 37.2 Å². The number of hydrogen-bond donors (Lipinski definition) is 2. The minimum absolute atomic E-state index is 0.0749. The maximum atomic E-state index is 13.7. The molecule has 2 aliphatic rings. The molecule has 0 atom stereocenters. The minimum Gasteiger partial charge on any atom is -0.506 e. The Kier molecular flexibility index (Phi) is 8.87. The Labute approximate surface area is 206 Å². The van der Waals surface area contributed by atoms with Gasteiger partial charge < -0.3 is 15.2 Å². The quantitative estimate of drug-likeness (QED) is 0.320. The first-order valence-corrected chi connectivity index (χ1v) is 14.0. The van der Waals surface area contributed by atoms with Crippen molar-refractivity contribution in [2.24, 2.45) is 5.41 Å². The van der Waals surface area contributed by atoms with Crippen LogP contribution in [-0.4, -0.2) is 51.1 Å². The molecule has 0 aliphatic carbocycles. The first-order valence-electron chi connectivity index (χ1n) is 12.5. The van der Waals surface area contributed by atoms with Gasteiger partial charge in [0.1, 0.15) is 16.4 Å². The van der Waals surface area contributed by atoms with Crippen molar-refractivity contribution < 1.29 is 18.3 Å². The molecular formula is C27H42N2O4S. The van der Waals surface area contributed by atoms with Crippen LogP contribution in [0.15, 0.2) is 34.3 Å². The zero-order valence-corrected chi connectivity index (χ0v) is 22.4. The number of aromatic hydroxyl groups is 1. The third kappa shape index (κ3) is 5.86. The van der Waals surface area contributed by atoms with E-state index in [1.165, 1.54) is 15.5 Å². The van der Waals surface area contributed by atoms with Crippen molar-refractivity contribution in [1.29, 1.82) is 0 Å². The van der Waals surface area contributed by atoms with Gasteiger partial charge in [-0.1, -0.05) is 43.1 Å². The summed E-state index contributed by atoms with van der Waals surface area (Å²) in [5.74, 6) is 0.409. The molecule has 1 aromatic rings. The predicted octanol–water partition coefficient (Wildman–Crippen LogP) is 4.96. The average molecular weight is 491 g/mol. The van der Waals surface area contributed by atoms with Crippen molar-refractivity contribution >= 4 is 10.0 Å². The van der Waals surface area contributed by atoms with Crippen LogP contribution in [0.3, 0.4) is 0 Å². The molecule has 6 nitrogen and oxygen atoms in total. The molecule has 0 bridgehead atoms. The smallest absolute Gasteiger partial charge is 0.247 e. The molecule has 34 heavy (non-hydrogen) atoms. The molecule has 0 radical (unpaired) electrons. The summed E-state index contributed by atoms with van der Waals surface area (Å²) in [5.41, 5.74) is 3.78. The molecule has 0 aromatic heterocycles. The molecule has 7 heteroatoms. The summed E-state index contributed by atoms with van der Waals surface area (Å²) in [6.07, 6.45) is 10.1. The summed E-state index contributed by atoms with van der Waals surface area (Å²) in [4.78, 5) is 0.0807. The van der Waals surface area contributed by atoms with Gasteiger partial charge in [0.15, 0.2) is 0 Å². The molecule has 190 valence electrons. The highest BCUT2D eigenvalue weighted by atomic mass is 32.2. The molecule has 2 aliphatic heterocycles. The Morgan fingerprint density at radius 2 is 1.91 bits per heavy atom. The second-order valence-corrected chi connectivity index (χ2v) is 12.2. The van der Waals surface area contributed by atoms with Crippen LogP contribution in [0.5, 0.6) is 11.5 Å². The lowest BCUT2D eigenvalue weighted by Gasteiger charge is -2.55. The summed E-state index contributed by atoms with van der Waals surface area (Å²) in [6, 6.07) is 1.84. The van der Waals surface area contributed by atoms with Crippen LogP contribution in [0.4, 0.5) is 0 Å². The van der Waals surface area contributed by atoms with Gasteiger partial charge in [0.25, 0.3) is 0 Å². The molecule has 1 aromatic carbocycles. The van der Waals surface area contributed by atoms with Gasteiger partial charge in [-0.3, -0.25) is 0 Å². The van der Waals surface area contributed by atoms with E-state index >= 15 is 0 Å². The van der Waals surface area contributed by atoms with Gasteiger partial charge in [-0.15, -0.1) is 0 Å². The van der Waals surface area contributed by atoms with Crippen LogP contribution in [0.2, 0.25) is 0 Å². The number of phenolic OH excluding ortho intramolecular Hbond substituents is 1. The number of nitrogens with one attached hydrogen (secondary N) is 1. The van der Waals surface area contributed by atoms with Gasteiger partial charge in [-0.2, -0.15) is 4.31 Å². The zero-order valence-electron chi connectivity index (χ0n) is 21.5. The second-order valence-electron chi connectivity index (χ2n) is 10.3. The highest BCUT2D eigenvalue weighted by Gasteiger charge is 2.52. The molecular weight excluding hydrogens is 448 g/mol. The van der Waals surface area contributed by atoms with E-state index in [0.29, 0.717) is 42.8 Å². The van der Waals surface area contributed by atoms with E-state index in [9.17, 15) is 13.5 Å². The number of sulfonamides is 1. The lowest BCUT2D eigenvalue weighted by Crippen LogP contribution is -2.71. The highest BCUT2D eigenvalue weighted by Crippen LogP contribution is 2.44. The third-order valence-corrected chi connectivity index (χ3v) is 8.94. The lowest BCUT2D eigenvalue weighted by atomic mass is 9.76. The Bertz CT molecular complexity index is 1030. The Balaban J connectivity index is 1.94. The van der Waals surface area contributed by atoms with Gasteiger partial charge in [0.2, 0.25) is 10.0 Å². The van der Waals surface area contributed by atoms with Crippen molar-refractivity contribution in [3.05, 3.63) is 40.5 Å². The maximum absolute atomic E-state index is 13.7. The fourth-order valence-corrected chi connectivity index (χ4v) is 6.81. The predicted molar refractivity (Wildman–Crippen MR) is 138 cm³/mol. The van der Waals surface area contributed by atoms with E-state index in [1.807, 2.05) is 6.07 Å². The normalized spacial score (nSPS) is 17.9. The fraction of sp³-hybridized carbons (Fsp3) is 0.630. The van der Waals surface area contributed by atoms with E-state index in [0.717, 1.165) is 45.2 Å². The van der Waals surface area contributed by atoms with Crippen molar-refractivity contribution in [1.82, 2.24) is 9.62 Å². The van der Waals surface area contributed by atoms with Gasteiger partial charge in [-0.25, -0.2) is 8.42 Å². The van der Waals surface area contributed by atoms with Gasteiger partial charge in [-0.05, 0) is 64.5 Å². The largest absolute Gasteiger partial charge is 0.506 e. The highest BCUT2D eigenvalue weighted by molar-refractivity contribution is 7.89.